The van der Waals surface area contributed by atoms with Gasteiger partial charge in [-0.05, 0) is 57.0 Å². The van der Waals surface area contributed by atoms with Crippen molar-refractivity contribution in [1.29, 1.82) is 0 Å². The third-order valence-electron chi connectivity index (χ3n) is 4.17. The first-order valence-corrected chi connectivity index (χ1v) is 8.60. The van der Waals surface area contributed by atoms with Crippen LogP contribution in [0.25, 0.3) is 0 Å². The van der Waals surface area contributed by atoms with Gasteiger partial charge < -0.3 is 9.73 Å². The maximum absolute atomic E-state index is 12.2. The zero-order valence-corrected chi connectivity index (χ0v) is 13.9. The third kappa shape index (κ3) is 3.59. The van der Waals surface area contributed by atoms with Crippen molar-refractivity contribution in [2.45, 2.75) is 33.2 Å². The summed E-state index contributed by atoms with van der Waals surface area (Å²) in [4.78, 5) is 15.9. The van der Waals surface area contributed by atoms with Gasteiger partial charge in [0.2, 0.25) is 0 Å². The van der Waals surface area contributed by atoms with Gasteiger partial charge in [-0.25, -0.2) is 0 Å². The lowest BCUT2D eigenvalue weighted by Crippen LogP contribution is -2.32. The van der Waals surface area contributed by atoms with Gasteiger partial charge in [0.15, 0.2) is 5.76 Å². The highest BCUT2D eigenvalue weighted by Gasteiger charge is 2.19. The van der Waals surface area contributed by atoms with E-state index in [-0.39, 0.29) is 5.91 Å². The van der Waals surface area contributed by atoms with Crippen molar-refractivity contribution in [3.63, 3.8) is 0 Å². The number of rotatable bonds is 4. The SMILES string of the molecule is Cc1cc(CN2CCC(C)CC2)c(NC(=O)c2ccco2)s1. The lowest BCUT2D eigenvalue weighted by Gasteiger charge is -2.30. The van der Waals surface area contributed by atoms with Gasteiger partial charge in [0.1, 0.15) is 5.00 Å². The number of nitrogens with one attached hydrogen (secondary N) is 1. The van der Waals surface area contributed by atoms with E-state index in [0.717, 1.165) is 30.6 Å². The number of carbonyl (C=O) groups is 1. The zero-order valence-electron chi connectivity index (χ0n) is 13.1. The number of aryl methyl sites for hydroxylation is 1. The summed E-state index contributed by atoms with van der Waals surface area (Å²) in [5, 5.41) is 3.93. The van der Waals surface area contributed by atoms with Gasteiger partial charge in [0.25, 0.3) is 5.91 Å². The van der Waals surface area contributed by atoms with Crippen molar-refractivity contribution in [2.24, 2.45) is 5.92 Å². The Balaban J connectivity index is 1.68. The summed E-state index contributed by atoms with van der Waals surface area (Å²) in [6.07, 6.45) is 4.04. The van der Waals surface area contributed by atoms with Crippen molar-refractivity contribution in [3.05, 3.63) is 40.7 Å². The molecule has 1 aliphatic heterocycles. The molecule has 0 unspecified atom stereocenters. The first-order valence-electron chi connectivity index (χ1n) is 7.78. The van der Waals surface area contributed by atoms with E-state index in [1.54, 1.807) is 23.5 Å². The smallest absolute Gasteiger partial charge is 0.291 e. The van der Waals surface area contributed by atoms with Crippen LogP contribution < -0.4 is 5.32 Å². The summed E-state index contributed by atoms with van der Waals surface area (Å²) in [5.74, 6) is 1.00. The van der Waals surface area contributed by atoms with Crippen LogP contribution in [0.4, 0.5) is 5.00 Å². The predicted octanol–water partition coefficient (Wildman–Crippen LogP) is 4.13. The van der Waals surface area contributed by atoms with E-state index in [9.17, 15) is 4.79 Å². The van der Waals surface area contributed by atoms with Crippen LogP contribution in [0.5, 0.6) is 0 Å². The Morgan fingerprint density at radius 1 is 1.45 bits per heavy atom. The van der Waals surface area contributed by atoms with Gasteiger partial charge >= 0.3 is 0 Å². The summed E-state index contributed by atoms with van der Waals surface area (Å²) in [6.45, 7) is 7.59. The minimum absolute atomic E-state index is 0.180. The molecule has 2 aromatic rings. The molecule has 1 fully saturated rings. The van der Waals surface area contributed by atoms with Gasteiger partial charge in [0.05, 0.1) is 6.26 Å². The van der Waals surface area contributed by atoms with Crippen molar-refractivity contribution in [2.75, 3.05) is 18.4 Å². The van der Waals surface area contributed by atoms with E-state index in [1.807, 2.05) is 0 Å². The van der Waals surface area contributed by atoms with Crippen molar-refractivity contribution < 1.29 is 9.21 Å². The number of piperidine rings is 1. The molecule has 5 heteroatoms. The van der Waals surface area contributed by atoms with Crippen LogP contribution in [-0.4, -0.2) is 23.9 Å². The second-order valence-corrected chi connectivity index (χ2v) is 7.36. The summed E-state index contributed by atoms with van der Waals surface area (Å²) in [7, 11) is 0. The molecule has 1 saturated heterocycles. The molecule has 0 spiro atoms. The normalized spacial score (nSPS) is 16.8. The van der Waals surface area contributed by atoms with Crippen molar-refractivity contribution in [3.8, 4) is 0 Å². The number of hydrogen-bond donors (Lipinski definition) is 1. The molecular formula is C17H22N2O2S. The van der Waals surface area contributed by atoms with Gasteiger partial charge in [-0.1, -0.05) is 6.92 Å². The molecule has 0 aliphatic carbocycles. The summed E-state index contributed by atoms with van der Waals surface area (Å²) in [6, 6.07) is 5.59. The van der Waals surface area contributed by atoms with Crippen LogP contribution in [0.15, 0.2) is 28.9 Å². The Morgan fingerprint density at radius 2 is 2.23 bits per heavy atom. The molecule has 0 radical (unpaired) electrons. The van der Waals surface area contributed by atoms with Crippen LogP contribution in [0.2, 0.25) is 0 Å². The lowest BCUT2D eigenvalue weighted by molar-refractivity contribution is 0.0997. The minimum atomic E-state index is -0.180. The predicted molar refractivity (Wildman–Crippen MR) is 89.4 cm³/mol. The minimum Gasteiger partial charge on any atom is -0.459 e. The number of hydrogen-bond acceptors (Lipinski definition) is 4. The molecule has 0 saturated carbocycles. The zero-order chi connectivity index (χ0) is 15.5. The quantitative estimate of drug-likeness (QED) is 0.922. The largest absolute Gasteiger partial charge is 0.459 e. The molecule has 3 rings (SSSR count). The number of anilines is 1. The monoisotopic (exact) mass is 318 g/mol. The second-order valence-electron chi connectivity index (χ2n) is 6.10. The molecule has 22 heavy (non-hydrogen) atoms. The second kappa shape index (κ2) is 6.67. The van der Waals surface area contributed by atoms with Gasteiger partial charge in [-0.3, -0.25) is 9.69 Å². The molecule has 3 heterocycles. The first-order chi connectivity index (χ1) is 10.6. The number of nitrogens with zero attached hydrogens (tertiary/aromatic N) is 1. The van der Waals surface area contributed by atoms with Gasteiger partial charge in [0, 0.05) is 17.0 Å². The van der Waals surface area contributed by atoms with Crippen LogP contribution in [0.3, 0.4) is 0 Å². The molecule has 0 bridgehead atoms. The molecule has 118 valence electrons. The molecule has 2 aromatic heterocycles. The van der Waals surface area contributed by atoms with Gasteiger partial charge in [-0.2, -0.15) is 0 Å². The van der Waals surface area contributed by atoms with Crippen LogP contribution >= 0.6 is 11.3 Å². The maximum Gasteiger partial charge on any atom is 0.291 e. The van der Waals surface area contributed by atoms with E-state index in [4.69, 9.17) is 4.42 Å². The molecule has 1 N–H and O–H groups in total. The Bertz CT molecular complexity index is 625. The fourth-order valence-electron chi connectivity index (χ4n) is 2.82. The summed E-state index contributed by atoms with van der Waals surface area (Å²) >= 11 is 1.63. The number of amides is 1. The van der Waals surface area contributed by atoms with Crippen LogP contribution in [0, 0.1) is 12.8 Å². The van der Waals surface area contributed by atoms with E-state index in [2.05, 4.69) is 30.1 Å². The van der Waals surface area contributed by atoms with Crippen LogP contribution in [-0.2, 0) is 6.54 Å². The molecule has 1 amide bonds. The Kier molecular flexibility index (Phi) is 4.64. The maximum atomic E-state index is 12.2. The lowest BCUT2D eigenvalue weighted by atomic mass is 9.99. The number of furan rings is 1. The Hall–Kier alpha value is -1.59. The van der Waals surface area contributed by atoms with Gasteiger partial charge in [-0.15, -0.1) is 11.3 Å². The Labute approximate surface area is 135 Å². The van der Waals surface area contributed by atoms with E-state index in [0.29, 0.717) is 5.76 Å². The fraction of sp³-hybridized carbons (Fsp3) is 0.471. The van der Waals surface area contributed by atoms with E-state index in [1.165, 1.54) is 29.5 Å². The fourth-order valence-corrected chi connectivity index (χ4v) is 3.75. The third-order valence-corrected chi connectivity index (χ3v) is 5.18. The standard InChI is InChI=1S/C17H22N2O2S/c1-12-5-7-19(8-6-12)11-14-10-13(2)22-17(14)18-16(20)15-4-3-9-21-15/h3-4,9-10,12H,5-8,11H2,1-2H3,(H,18,20). The topological polar surface area (TPSA) is 45.5 Å². The van der Waals surface area contributed by atoms with E-state index >= 15 is 0 Å². The molecule has 4 nitrogen and oxygen atoms in total. The molecule has 0 atom stereocenters. The number of thiophene rings is 1. The Morgan fingerprint density at radius 3 is 2.91 bits per heavy atom. The highest BCUT2D eigenvalue weighted by molar-refractivity contribution is 7.16. The first kappa shape index (κ1) is 15.3. The molecule has 1 aliphatic rings. The number of likely N-dealkylation sites (tertiary alicyclic amines) is 1. The van der Waals surface area contributed by atoms with Crippen molar-refractivity contribution >= 4 is 22.2 Å². The number of carbonyl (C=O) groups excluding carboxylic acids is 1. The van der Waals surface area contributed by atoms with Crippen LogP contribution in [0.1, 0.15) is 40.8 Å². The molecular weight excluding hydrogens is 296 g/mol. The molecule has 0 aromatic carbocycles. The highest BCUT2D eigenvalue weighted by Crippen LogP contribution is 2.30. The average molecular weight is 318 g/mol. The van der Waals surface area contributed by atoms with Crippen molar-refractivity contribution in [1.82, 2.24) is 4.90 Å². The summed E-state index contributed by atoms with van der Waals surface area (Å²) < 4.78 is 5.16. The summed E-state index contributed by atoms with van der Waals surface area (Å²) in [5.41, 5.74) is 1.21. The van der Waals surface area contributed by atoms with E-state index < -0.39 is 0 Å². The highest BCUT2D eigenvalue weighted by atomic mass is 32.1. The average Bonchev–Trinajstić information content (AvgIpc) is 3.12.